The Morgan fingerprint density at radius 3 is 1.71 bits per heavy atom. The number of H-pyrrole nitrogens is 1. The van der Waals surface area contributed by atoms with Crippen molar-refractivity contribution in [2.45, 2.75) is 173 Å². The van der Waals surface area contributed by atoms with Gasteiger partial charge in [0.1, 0.15) is 54.4 Å². The van der Waals surface area contributed by atoms with E-state index in [1.807, 2.05) is 0 Å². The van der Waals surface area contributed by atoms with Gasteiger partial charge in [-0.05, 0) is 82.6 Å². The average molecular weight is 1210 g/mol. The summed E-state index contributed by atoms with van der Waals surface area (Å²) in [6.07, 6.45) is 0.0574. The molecule has 1 aliphatic heterocycles. The van der Waals surface area contributed by atoms with Gasteiger partial charge in [0.25, 0.3) is 0 Å². The minimum Gasteiger partial charge on any atom is -0.481 e. The SMILES string of the molecule is CSCC[C@@H]1NC(=O)[C@H](CCCN=C(N)N)NC(=O)[C@H](CCC(=O)O)NC(=O)[C@H]([C@@H](C)O)NC(=O)CCCNC(=O)CNC(=O)[C@H](CC(C)C)NC(=O)[C@H](CC(N)=O)NC(=O)[C@H](Cc2cnc[nH]2)NC(=O)[C@H](CC(C)C)NC(=O)[C@H](C)NC1=O. The molecule has 10 atom stereocenters. The van der Waals surface area contributed by atoms with E-state index < -0.39 is 163 Å². The fourth-order valence-electron chi connectivity index (χ4n) is 8.24. The second kappa shape index (κ2) is 37.2. The number of hydrogen-bond acceptors (Lipinski definition) is 17. The number of aromatic amines is 1. The molecule has 0 bridgehead atoms. The molecule has 1 fully saturated rings. The summed E-state index contributed by atoms with van der Waals surface area (Å²) in [5.41, 5.74) is 16.8. The number of carbonyl (C=O) groups excluding carboxylic acids is 12. The van der Waals surface area contributed by atoms with Crippen LogP contribution in [0.2, 0.25) is 0 Å². The summed E-state index contributed by atoms with van der Waals surface area (Å²) in [6.45, 7) is 8.65. The lowest BCUT2D eigenvalue weighted by Gasteiger charge is -2.28. The van der Waals surface area contributed by atoms with Gasteiger partial charge in [-0.3, -0.25) is 67.3 Å². The number of nitrogens with zero attached hydrogens (tertiary/aromatic N) is 2. The minimum atomic E-state index is -1.71. The first-order chi connectivity index (χ1) is 39.5. The highest BCUT2D eigenvalue weighted by Crippen LogP contribution is 2.12. The molecule has 0 unspecified atom stereocenters. The summed E-state index contributed by atoms with van der Waals surface area (Å²) < 4.78 is 0. The Labute approximate surface area is 490 Å². The van der Waals surface area contributed by atoms with Gasteiger partial charge < -0.3 is 90.9 Å². The number of carboxylic acids is 1. The number of nitrogens with one attached hydrogen (secondary N) is 12. The molecule has 0 radical (unpaired) electrons. The van der Waals surface area contributed by atoms with Gasteiger partial charge in [-0.2, -0.15) is 11.8 Å². The van der Waals surface area contributed by atoms with Crippen LogP contribution in [0.5, 0.6) is 0 Å². The van der Waals surface area contributed by atoms with Crippen molar-refractivity contribution in [3.05, 3.63) is 18.2 Å². The number of amides is 12. The third-order valence-electron chi connectivity index (χ3n) is 12.6. The van der Waals surface area contributed by atoms with Gasteiger partial charge in [-0.1, -0.05) is 27.7 Å². The molecule has 470 valence electrons. The number of guanidine groups is 1. The number of aliphatic imine (C=N–C) groups is 1. The first-order valence-corrected chi connectivity index (χ1v) is 28.9. The van der Waals surface area contributed by atoms with Crippen molar-refractivity contribution < 1.29 is 72.5 Å². The number of imidazole rings is 1. The van der Waals surface area contributed by atoms with Crippen LogP contribution in [0.15, 0.2) is 17.5 Å². The molecule has 84 heavy (non-hydrogen) atoms. The molecule has 0 aliphatic carbocycles. The van der Waals surface area contributed by atoms with E-state index in [2.05, 4.69) is 73.4 Å². The number of aliphatic carboxylic acids is 1. The van der Waals surface area contributed by atoms with Crippen molar-refractivity contribution in [2.24, 2.45) is 34.0 Å². The molecule has 1 aliphatic rings. The Morgan fingerprint density at radius 2 is 1.15 bits per heavy atom. The Morgan fingerprint density at radius 1 is 0.643 bits per heavy atom. The second-order valence-electron chi connectivity index (χ2n) is 21.0. The van der Waals surface area contributed by atoms with Crippen LogP contribution in [0.4, 0.5) is 0 Å². The van der Waals surface area contributed by atoms with Crippen molar-refractivity contribution in [2.75, 3.05) is 31.6 Å². The van der Waals surface area contributed by atoms with Crippen LogP contribution in [0.1, 0.15) is 111 Å². The summed E-state index contributed by atoms with van der Waals surface area (Å²) >= 11 is 1.31. The predicted molar refractivity (Wildman–Crippen MR) is 305 cm³/mol. The molecule has 1 saturated heterocycles. The molecule has 33 heteroatoms. The second-order valence-corrected chi connectivity index (χ2v) is 22.0. The zero-order chi connectivity index (χ0) is 63.2. The zero-order valence-electron chi connectivity index (χ0n) is 48.4. The molecule has 2 rings (SSSR count). The molecule has 0 aromatic carbocycles. The minimum absolute atomic E-state index is 0.00838. The number of nitrogens with two attached hydrogens (primary N) is 3. The van der Waals surface area contributed by atoms with E-state index in [0.717, 1.165) is 6.92 Å². The molecule has 2 heterocycles. The van der Waals surface area contributed by atoms with Crippen molar-refractivity contribution in [3.8, 4) is 0 Å². The zero-order valence-corrected chi connectivity index (χ0v) is 49.2. The van der Waals surface area contributed by atoms with Crippen LogP contribution < -0.4 is 75.7 Å². The van der Waals surface area contributed by atoms with E-state index in [0.29, 0.717) is 5.69 Å². The Kier molecular flexibility index (Phi) is 31.9. The maximum absolute atomic E-state index is 14.2. The van der Waals surface area contributed by atoms with Gasteiger partial charge >= 0.3 is 5.97 Å². The van der Waals surface area contributed by atoms with Crippen molar-refractivity contribution in [1.82, 2.24) is 68.5 Å². The smallest absolute Gasteiger partial charge is 0.303 e. The van der Waals surface area contributed by atoms with Gasteiger partial charge in [0.15, 0.2) is 5.96 Å². The van der Waals surface area contributed by atoms with E-state index in [-0.39, 0.29) is 88.0 Å². The first-order valence-electron chi connectivity index (χ1n) is 27.5. The lowest BCUT2D eigenvalue weighted by atomic mass is 10.0. The summed E-state index contributed by atoms with van der Waals surface area (Å²) in [7, 11) is 0. The number of hydrogen-bond donors (Lipinski definition) is 17. The number of carbonyl (C=O) groups is 13. The van der Waals surface area contributed by atoms with Crippen molar-refractivity contribution >= 4 is 94.6 Å². The normalized spacial score (nSPS) is 24.5. The van der Waals surface area contributed by atoms with Gasteiger partial charge in [0.2, 0.25) is 70.9 Å². The third-order valence-corrected chi connectivity index (χ3v) is 13.2. The third kappa shape index (κ3) is 27.8. The summed E-state index contributed by atoms with van der Waals surface area (Å²) in [4.78, 5) is 187. The van der Waals surface area contributed by atoms with Crippen LogP contribution >= 0.6 is 11.8 Å². The van der Waals surface area contributed by atoms with Crippen molar-refractivity contribution in [3.63, 3.8) is 0 Å². The number of carboxylic acid groups (broad SMARTS) is 1. The van der Waals surface area contributed by atoms with E-state index >= 15 is 0 Å². The molecule has 1 aromatic heterocycles. The molecule has 12 amide bonds. The lowest BCUT2D eigenvalue weighted by molar-refractivity contribution is -0.139. The Balaban J connectivity index is 2.70. The maximum Gasteiger partial charge on any atom is 0.303 e. The highest BCUT2D eigenvalue weighted by Gasteiger charge is 2.36. The Hall–Kier alpha value is -8.10. The molecule has 20 N–H and O–H groups in total. The maximum atomic E-state index is 14.2. The number of aliphatic hydroxyl groups is 1. The number of rotatable bonds is 19. The molecule has 0 spiro atoms. The fraction of sp³-hybridized carbons (Fsp3) is 0.667. The Bertz CT molecular complexity index is 2460. The van der Waals surface area contributed by atoms with E-state index in [9.17, 15) is 72.5 Å². The lowest BCUT2D eigenvalue weighted by Crippen LogP contribution is -2.61. The van der Waals surface area contributed by atoms with Crippen molar-refractivity contribution in [1.29, 1.82) is 0 Å². The molecule has 32 nitrogen and oxygen atoms in total. The van der Waals surface area contributed by atoms with E-state index in [1.54, 1.807) is 34.0 Å². The standard InChI is InChI=1S/C51H85N17O15S/c1-25(2)18-33-43(76)58-23-39(72)56-15-9-11-38(71)68-41(28(6)69)50(83)63-31(12-13-40(73)74)46(79)61-30(10-8-16-57-51(53)54)45(78)62-32(14-17-84-7)44(77)60-27(5)42(75)64-34(19-26(3)4)47(80)66-35(20-29-22-55-24-59-29)48(81)67-36(21-37(52)70)49(82)65-33/h22,24-28,30-36,41,69H,8-21,23H2,1-7H3,(H2,52,70)(H,55,59)(H,56,72)(H,58,76)(H,60,77)(H,61,79)(H,62,78)(H,63,83)(H,64,75)(H,65,82)(H,66,80)(H,67,81)(H,68,71)(H,73,74)(H4,53,54,57)/t27-,28+,30-,31-,32-,33-,34-,35-,36-,41-/m0/s1. The summed E-state index contributed by atoms with van der Waals surface area (Å²) in [5.74, 6) is -13.0. The van der Waals surface area contributed by atoms with Gasteiger partial charge in [0.05, 0.1) is 25.4 Å². The van der Waals surface area contributed by atoms with Crippen LogP contribution in [0.25, 0.3) is 0 Å². The van der Waals surface area contributed by atoms with Crippen LogP contribution in [0, 0.1) is 11.8 Å². The largest absolute Gasteiger partial charge is 0.481 e. The number of aliphatic hydroxyl groups excluding tert-OH is 1. The summed E-state index contributed by atoms with van der Waals surface area (Å²) in [5, 5.41) is 47.6. The van der Waals surface area contributed by atoms with Crippen LogP contribution in [-0.2, 0) is 68.7 Å². The monoisotopic (exact) mass is 1210 g/mol. The average Bonchev–Trinajstić information content (AvgIpc) is 3.94. The van der Waals surface area contributed by atoms with Gasteiger partial charge in [-0.15, -0.1) is 0 Å². The van der Waals surface area contributed by atoms with E-state index in [1.165, 1.54) is 31.2 Å². The van der Waals surface area contributed by atoms with Crippen LogP contribution in [-0.4, -0.2) is 195 Å². The molecule has 1 aromatic rings. The topological polar surface area (TPSA) is 514 Å². The molecular weight excluding hydrogens is 1120 g/mol. The van der Waals surface area contributed by atoms with Gasteiger partial charge in [0, 0.05) is 44.2 Å². The number of thioether (sulfide) groups is 1. The number of primary amides is 1. The van der Waals surface area contributed by atoms with E-state index in [4.69, 9.17) is 17.2 Å². The highest BCUT2D eigenvalue weighted by molar-refractivity contribution is 7.98. The molecular formula is C51H85N17O15S. The van der Waals surface area contributed by atoms with Gasteiger partial charge in [-0.25, -0.2) is 4.98 Å². The summed E-state index contributed by atoms with van der Waals surface area (Å²) in [6, 6.07) is -13.6. The van der Waals surface area contributed by atoms with Crippen LogP contribution in [0.3, 0.4) is 0 Å². The molecule has 0 saturated carbocycles. The quantitative estimate of drug-likeness (QED) is 0.0349. The first kappa shape index (κ1) is 72.0. The predicted octanol–water partition coefficient (Wildman–Crippen LogP) is -5.62. The highest BCUT2D eigenvalue weighted by atomic mass is 32.2. The fourth-order valence-corrected chi connectivity index (χ4v) is 8.71. The number of aromatic nitrogens is 2.